The van der Waals surface area contributed by atoms with Crippen molar-refractivity contribution in [1.82, 2.24) is 4.31 Å². The highest BCUT2D eigenvalue weighted by molar-refractivity contribution is 7.83. The second-order valence-corrected chi connectivity index (χ2v) is 3.29. The van der Waals surface area contributed by atoms with Crippen molar-refractivity contribution in [1.29, 1.82) is 0 Å². The van der Waals surface area contributed by atoms with Gasteiger partial charge in [0.15, 0.2) is 0 Å². The zero-order valence-electron chi connectivity index (χ0n) is 5.95. The molecule has 61 valence electrons. The maximum Gasteiger partial charge on any atom is 0.335 e. The highest BCUT2D eigenvalue weighted by atomic mass is 32.2. The van der Waals surface area contributed by atoms with Crippen LogP contribution >= 0.6 is 0 Å². The minimum Gasteiger partial charge on any atom is -0.273 e. The molecule has 1 N–H and O–H groups in total. The van der Waals surface area contributed by atoms with E-state index in [1.165, 1.54) is 0 Å². The average Bonchev–Trinajstić information content (AvgIpc) is 1.80. The Balaban J connectivity index is 4.08. The molecule has 10 heavy (non-hydrogen) atoms. The number of nitrogens with zero attached hydrogens (tertiary/aromatic N) is 1. The van der Waals surface area contributed by atoms with E-state index in [1.807, 2.05) is 6.92 Å². The van der Waals surface area contributed by atoms with Crippen molar-refractivity contribution in [2.24, 2.45) is 0 Å². The van der Waals surface area contributed by atoms with Crippen LogP contribution in [0.3, 0.4) is 0 Å². The van der Waals surface area contributed by atoms with E-state index < -0.39 is 10.3 Å². The van der Waals surface area contributed by atoms with Crippen LogP contribution < -0.4 is 0 Å². The maximum atomic E-state index is 10.4. The molecule has 0 fully saturated rings. The summed E-state index contributed by atoms with van der Waals surface area (Å²) >= 11 is 0. The van der Waals surface area contributed by atoms with E-state index in [0.29, 0.717) is 13.0 Å². The van der Waals surface area contributed by atoms with E-state index in [-0.39, 0.29) is 6.54 Å². The molecule has 0 saturated heterocycles. The van der Waals surface area contributed by atoms with Crippen LogP contribution in [0, 0.1) is 6.92 Å². The lowest BCUT2D eigenvalue weighted by molar-refractivity contribution is 0.369. The van der Waals surface area contributed by atoms with E-state index in [2.05, 4.69) is 6.92 Å². The van der Waals surface area contributed by atoms with Gasteiger partial charge in [0.1, 0.15) is 0 Å². The third-order valence-electron chi connectivity index (χ3n) is 1.05. The van der Waals surface area contributed by atoms with Gasteiger partial charge in [-0.05, 0) is 13.3 Å². The second kappa shape index (κ2) is 3.90. The second-order valence-electron chi connectivity index (χ2n) is 1.88. The van der Waals surface area contributed by atoms with Crippen LogP contribution in [0.1, 0.15) is 13.3 Å². The zero-order valence-corrected chi connectivity index (χ0v) is 6.76. The van der Waals surface area contributed by atoms with Gasteiger partial charge in [0.05, 0.1) is 0 Å². The third kappa shape index (κ3) is 3.14. The first kappa shape index (κ1) is 9.87. The Bertz CT molecular complexity index is 175. The minimum absolute atomic E-state index is 0.0761. The van der Waals surface area contributed by atoms with E-state index in [4.69, 9.17) is 4.55 Å². The Morgan fingerprint density at radius 3 is 2.20 bits per heavy atom. The fourth-order valence-electron chi connectivity index (χ4n) is 0.592. The largest absolute Gasteiger partial charge is 0.335 e. The average molecular weight is 166 g/mol. The van der Waals surface area contributed by atoms with Gasteiger partial charge in [-0.3, -0.25) is 4.55 Å². The highest BCUT2D eigenvalue weighted by Crippen LogP contribution is 1.96. The van der Waals surface area contributed by atoms with Gasteiger partial charge in [-0.2, -0.15) is 12.7 Å². The summed E-state index contributed by atoms with van der Waals surface area (Å²) in [6.45, 7) is 5.58. The van der Waals surface area contributed by atoms with E-state index in [9.17, 15) is 8.42 Å². The standard InChI is InChI=1S/C5H12NO3S/c1-3-5-6(4-2)10(7,8)9/h2-5H2,1H3,(H,7,8,9). The van der Waals surface area contributed by atoms with Gasteiger partial charge in [-0.1, -0.05) is 6.92 Å². The minimum atomic E-state index is -4.01. The van der Waals surface area contributed by atoms with Crippen LogP contribution in [-0.4, -0.2) is 30.4 Å². The summed E-state index contributed by atoms with van der Waals surface area (Å²) in [7, 11) is -4.01. The first-order valence-electron chi connectivity index (χ1n) is 3.04. The van der Waals surface area contributed by atoms with Crippen molar-refractivity contribution in [3.05, 3.63) is 6.92 Å². The quantitative estimate of drug-likeness (QED) is 0.612. The fourth-order valence-corrected chi connectivity index (χ4v) is 1.24. The summed E-state index contributed by atoms with van der Waals surface area (Å²) in [4.78, 5) is 0. The molecule has 0 rings (SSSR count). The van der Waals surface area contributed by atoms with Gasteiger partial charge in [-0.15, -0.1) is 0 Å². The van der Waals surface area contributed by atoms with Crippen molar-refractivity contribution in [3.63, 3.8) is 0 Å². The lowest BCUT2D eigenvalue weighted by atomic mass is 10.5. The molecule has 0 aliphatic heterocycles. The molecule has 0 aromatic carbocycles. The summed E-state index contributed by atoms with van der Waals surface area (Å²) in [5.41, 5.74) is 0. The van der Waals surface area contributed by atoms with Gasteiger partial charge in [0.2, 0.25) is 0 Å². The predicted octanol–water partition coefficient (Wildman–Crippen LogP) is 0.335. The number of hydrogen-bond acceptors (Lipinski definition) is 2. The lowest BCUT2D eigenvalue weighted by Gasteiger charge is -2.13. The SMILES string of the molecule is [CH2]CN(CCC)S(=O)(=O)O. The van der Waals surface area contributed by atoms with Crippen LogP contribution in [0.25, 0.3) is 0 Å². The molecule has 0 saturated carbocycles. The Labute approximate surface area is 61.7 Å². The molecule has 0 atom stereocenters. The molecule has 0 aromatic rings. The van der Waals surface area contributed by atoms with Crippen molar-refractivity contribution in [2.75, 3.05) is 13.1 Å². The lowest BCUT2D eigenvalue weighted by Crippen LogP contribution is -2.30. The van der Waals surface area contributed by atoms with Crippen molar-refractivity contribution >= 4 is 10.3 Å². The zero-order chi connectivity index (χ0) is 8.20. The van der Waals surface area contributed by atoms with Gasteiger partial charge < -0.3 is 0 Å². The Hall–Kier alpha value is -0.130. The van der Waals surface area contributed by atoms with E-state index >= 15 is 0 Å². The number of rotatable bonds is 4. The summed E-state index contributed by atoms with van der Waals surface area (Å²) in [5.74, 6) is 0. The van der Waals surface area contributed by atoms with Crippen LogP contribution in [0.2, 0.25) is 0 Å². The van der Waals surface area contributed by atoms with Crippen LogP contribution in [-0.2, 0) is 10.3 Å². The van der Waals surface area contributed by atoms with Crippen LogP contribution in [0.5, 0.6) is 0 Å². The van der Waals surface area contributed by atoms with Gasteiger partial charge >= 0.3 is 10.3 Å². The van der Waals surface area contributed by atoms with E-state index in [0.717, 1.165) is 4.31 Å². The van der Waals surface area contributed by atoms with Crippen molar-refractivity contribution in [2.45, 2.75) is 13.3 Å². The molecule has 1 radical (unpaired) electrons. The summed E-state index contributed by atoms with van der Waals surface area (Å²) in [6, 6.07) is 0. The van der Waals surface area contributed by atoms with Gasteiger partial charge in [0, 0.05) is 13.1 Å². The molecular weight excluding hydrogens is 154 g/mol. The topological polar surface area (TPSA) is 57.6 Å². The monoisotopic (exact) mass is 166 g/mol. The third-order valence-corrected chi connectivity index (χ3v) is 2.07. The maximum absolute atomic E-state index is 10.4. The normalized spacial score (nSPS) is 12.4. The summed E-state index contributed by atoms with van der Waals surface area (Å²) < 4.78 is 30.2. The first-order valence-corrected chi connectivity index (χ1v) is 4.44. The molecule has 0 amide bonds. The molecule has 0 aliphatic carbocycles. The molecule has 0 aliphatic rings. The molecule has 5 heteroatoms. The van der Waals surface area contributed by atoms with Crippen LogP contribution in [0.4, 0.5) is 0 Å². The Kier molecular flexibility index (Phi) is 3.85. The van der Waals surface area contributed by atoms with E-state index in [1.54, 1.807) is 0 Å². The van der Waals surface area contributed by atoms with Gasteiger partial charge in [-0.25, -0.2) is 0 Å². The molecule has 0 heterocycles. The molecule has 0 unspecified atom stereocenters. The predicted molar refractivity (Wildman–Crippen MR) is 38.8 cm³/mol. The highest BCUT2D eigenvalue weighted by Gasteiger charge is 2.14. The number of hydrogen-bond donors (Lipinski definition) is 1. The Morgan fingerprint density at radius 2 is 2.10 bits per heavy atom. The van der Waals surface area contributed by atoms with Crippen molar-refractivity contribution < 1.29 is 13.0 Å². The first-order chi connectivity index (χ1) is 4.52. The summed E-state index contributed by atoms with van der Waals surface area (Å²) in [6.07, 6.45) is 0.676. The molecule has 0 bridgehead atoms. The smallest absolute Gasteiger partial charge is 0.273 e. The fraction of sp³-hybridized carbons (Fsp3) is 0.800. The molecule has 4 nitrogen and oxygen atoms in total. The molecule has 0 aromatic heterocycles. The molecular formula is C5H12NO3S. The van der Waals surface area contributed by atoms with Crippen molar-refractivity contribution in [3.8, 4) is 0 Å². The summed E-state index contributed by atoms with van der Waals surface area (Å²) in [5, 5.41) is 0. The van der Waals surface area contributed by atoms with Crippen LogP contribution in [0.15, 0.2) is 0 Å². The molecule has 0 spiro atoms. The Morgan fingerprint density at radius 1 is 1.60 bits per heavy atom. The van der Waals surface area contributed by atoms with Gasteiger partial charge in [0.25, 0.3) is 0 Å².